The lowest BCUT2D eigenvalue weighted by molar-refractivity contribution is -0.137. The van der Waals surface area contributed by atoms with E-state index in [1.807, 2.05) is 4.90 Å². The number of nitrogens with two attached hydrogens (primary N) is 1. The first-order valence-electron chi connectivity index (χ1n) is 7.99. The maximum Gasteiger partial charge on any atom is 0.416 e. The fourth-order valence-electron chi connectivity index (χ4n) is 3.33. The van der Waals surface area contributed by atoms with Gasteiger partial charge >= 0.3 is 6.18 Å². The van der Waals surface area contributed by atoms with Gasteiger partial charge in [0.1, 0.15) is 11.5 Å². The standard InChI is InChI=1S/C18H19F3N2O2/c19-18(20,21)12-1-4-16(15(22)9-12)23-7-5-11(6-8-23)14-3-2-13(24)10-17(14)25/h1-4,9-11,24-25H,5-8,22H2. The second kappa shape index (κ2) is 6.38. The molecule has 0 spiro atoms. The number of nitrogen functional groups attached to an aromatic ring is 1. The Labute approximate surface area is 143 Å². The lowest BCUT2D eigenvalue weighted by Gasteiger charge is -2.34. The summed E-state index contributed by atoms with van der Waals surface area (Å²) < 4.78 is 38.2. The van der Waals surface area contributed by atoms with Gasteiger partial charge in [-0.1, -0.05) is 6.07 Å². The van der Waals surface area contributed by atoms with Gasteiger partial charge in [0.15, 0.2) is 0 Å². The van der Waals surface area contributed by atoms with Crippen LogP contribution < -0.4 is 10.6 Å². The first-order valence-corrected chi connectivity index (χ1v) is 7.99. The monoisotopic (exact) mass is 352 g/mol. The normalized spacial score (nSPS) is 16.2. The number of nitrogens with zero attached hydrogens (tertiary/aromatic N) is 1. The maximum atomic E-state index is 12.7. The Balaban J connectivity index is 1.72. The average molecular weight is 352 g/mol. The second-order valence-corrected chi connectivity index (χ2v) is 6.28. The summed E-state index contributed by atoms with van der Waals surface area (Å²) in [7, 11) is 0. The van der Waals surface area contributed by atoms with Crippen molar-refractivity contribution in [3.05, 3.63) is 47.5 Å². The Hall–Kier alpha value is -2.57. The van der Waals surface area contributed by atoms with Crippen LogP contribution in [0.4, 0.5) is 24.5 Å². The number of phenols is 2. The molecule has 2 aromatic carbocycles. The molecule has 0 unspecified atom stereocenters. The van der Waals surface area contributed by atoms with Crippen LogP contribution >= 0.6 is 0 Å². The summed E-state index contributed by atoms with van der Waals surface area (Å²) in [5, 5.41) is 19.4. The number of halogens is 3. The van der Waals surface area contributed by atoms with Crippen LogP contribution in [0, 0.1) is 0 Å². The zero-order chi connectivity index (χ0) is 18.2. The smallest absolute Gasteiger partial charge is 0.416 e. The Bertz CT molecular complexity index is 769. The number of anilines is 2. The predicted octanol–water partition coefficient (Wildman–Crippen LogP) is 4.08. The van der Waals surface area contributed by atoms with Crippen LogP contribution in [-0.2, 0) is 6.18 Å². The van der Waals surface area contributed by atoms with Crippen LogP contribution in [0.1, 0.15) is 29.9 Å². The predicted molar refractivity (Wildman–Crippen MR) is 89.8 cm³/mol. The molecule has 0 bridgehead atoms. The van der Waals surface area contributed by atoms with Crippen molar-refractivity contribution < 1.29 is 23.4 Å². The molecule has 1 aliphatic heterocycles. The minimum Gasteiger partial charge on any atom is -0.508 e. The minimum absolute atomic E-state index is 0.0104. The molecule has 1 saturated heterocycles. The van der Waals surface area contributed by atoms with Gasteiger partial charge in [-0.25, -0.2) is 0 Å². The van der Waals surface area contributed by atoms with Gasteiger partial charge in [0, 0.05) is 19.2 Å². The largest absolute Gasteiger partial charge is 0.508 e. The van der Waals surface area contributed by atoms with Crippen molar-refractivity contribution in [2.45, 2.75) is 24.9 Å². The average Bonchev–Trinajstić information content (AvgIpc) is 2.54. The van der Waals surface area contributed by atoms with Crippen LogP contribution in [0.2, 0.25) is 0 Å². The molecule has 0 radical (unpaired) electrons. The second-order valence-electron chi connectivity index (χ2n) is 6.28. The highest BCUT2D eigenvalue weighted by Crippen LogP contribution is 2.39. The van der Waals surface area contributed by atoms with Crippen molar-refractivity contribution in [1.29, 1.82) is 0 Å². The Kier molecular flexibility index (Phi) is 4.41. The van der Waals surface area contributed by atoms with Gasteiger partial charge in [0.25, 0.3) is 0 Å². The molecule has 0 saturated carbocycles. The summed E-state index contributed by atoms with van der Waals surface area (Å²) in [5.74, 6) is 0.205. The minimum atomic E-state index is -4.41. The maximum absolute atomic E-state index is 12.7. The highest BCUT2D eigenvalue weighted by molar-refractivity contribution is 5.69. The van der Waals surface area contributed by atoms with Crippen LogP contribution in [0.5, 0.6) is 11.5 Å². The van der Waals surface area contributed by atoms with E-state index in [1.165, 1.54) is 18.2 Å². The number of aromatic hydroxyl groups is 2. The number of benzene rings is 2. The van der Waals surface area contributed by atoms with Crippen LogP contribution in [0.25, 0.3) is 0 Å². The van der Waals surface area contributed by atoms with E-state index in [2.05, 4.69) is 0 Å². The molecule has 0 atom stereocenters. The zero-order valence-electron chi connectivity index (χ0n) is 13.4. The molecule has 4 N–H and O–H groups in total. The molecule has 134 valence electrons. The molecule has 7 heteroatoms. The molecule has 0 aliphatic carbocycles. The molecule has 4 nitrogen and oxygen atoms in total. The molecule has 1 aliphatic rings. The Morgan fingerprint density at radius 1 is 1.00 bits per heavy atom. The van der Waals surface area contributed by atoms with E-state index >= 15 is 0 Å². The zero-order valence-corrected chi connectivity index (χ0v) is 13.4. The fraction of sp³-hybridized carbons (Fsp3) is 0.333. The van der Waals surface area contributed by atoms with Gasteiger partial charge in [-0.15, -0.1) is 0 Å². The third-order valence-corrected chi connectivity index (χ3v) is 4.64. The number of alkyl halides is 3. The van der Waals surface area contributed by atoms with Gasteiger partial charge in [0.05, 0.1) is 16.9 Å². The molecule has 1 fully saturated rings. The van der Waals surface area contributed by atoms with E-state index in [9.17, 15) is 23.4 Å². The quantitative estimate of drug-likeness (QED) is 0.712. The molecule has 0 aromatic heterocycles. The van der Waals surface area contributed by atoms with Gasteiger partial charge < -0.3 is 20.8 Å². The molecule has 3 rings (SSSR count). The SMILES string of the molecule is Nc1cc(C(F)(F)F)ccc1N1CCC(c2ccc(O)cc2O)CC1. The molecule has 1 heterocycles. The topological polar surface area (TPSA) is 69.7 Å². The summed E-state index contributed by atoms with van der Waals surface area (Å²) >= 11 is 0. The summed E-state index contributed by atoms with van der Waals surface area (Å²) in [5.41, 5.74) is 6.56. The number of piperidine rings is 1. The molecular formula is C18H19F3N2O2. The van der Waals surface area contributed by atoms with Crippen molar-refractivity contribution in [1.82, 2.24) is 0 Å². The Morgan fingerprint density at radius 3 is 2.24 bits per heavy atom. The van der Waals surface area contributed by atoms with Crippen LogP contribution in [0.15, 0.2) is 36.4 Å². The van der Waals surface area contributed by atoms with E-state index in [-0.39, 0.29) is 23.1 Å². The van der Waals surface area contributed by atoms with Crippen molar-refractivity contribution in [2.24, 2.45) is 0 Å². The van der Waals surface area contributed by atoms with E-state index in [0.29, 0.717) is 18.8 Å². The van der Waals surface area contributed by atoms with Crippen molar-refractivity contribution >= 4 is 11.4 Å². The number of rotatable bonds is 2. The highest BCUT2D eigenvalue weighted by Gasteiger charge is 2.31. The first-order chi connectivity index (χ1) is 11.8. The lowest BCUT2D eigenvalue weighted by Crippen LogP contribution is -2.33. The van der Waals surface area contributed by atoms with E-state index in [4.69, 9.17) is 5.73 Å². The number of phenolic OH excluding ortho intramolecular Hbond substituents is 2. The molecule has 0 amide bonds. The van der Waals surface area contributed by atoms with Gasteiger partial charge in [0.2, 0.25) is 0 Å². The molecular weight excluding hydrogens is 333 g/mol. The third-order valence-electron chi connectivity index (χ3n) is 4.64. The van der Waals surface area contributed by atoms with Crippen molar-refractivity contribution in [3.8, 4) is 11.5 Å². The number of hydrogen-bond acceptors (Lipinski definition) is 4. The lowest BCUT2D eigenvalue weighted by atomic mass is 9.88. The number of hydrogen-bond donors (Lipinski definition) is 3. The van der Waals surface area contributed by atoms with E-state index in [0.717, 1.165) is 30.5 Å². The fourth-order valence-corrected chi connectivity index (χ4v) is 3.33. The van der Waals surface area contributed by atoms with E-state index < -0.39 is 11.7 Å². The van der Waals surface area contributed by atoms with Crippen molar-refractivity contribution in [2.75, 3.05) is 23.7 Å². The van der Waals surface area contributed by atoms with Crippen molar-refractivity contribution in [3.63, 3.8) is 0 Å². The molecule has 25 heavy (non-hydrogen) atoms. The third kappa shape index (κ3) is 3.60. The van der Waals surface area contributed by atoms with E-state index in [1.54, 1.807) is 6.07 Å². The summed E-state index contributed by atoms with van der Waals surface area (Å²) in [6, 6.07) is 7.98. The summed E-state index contributed by atoms with van der Waals surface area (Å²) in [6.07, 6.45) is -2.94. The first kappa shape index (κ1) is 17.3. The van der Waals surface area contributed by atoms with Crippen LogP contribution in [0.3, 0.4) is 0 Å². The van der Waals surface area contributed by atoms with Gasteiger partial charge in [-0.3, -0.25) is 0 Å². The Morgan fingerprint density at radius 2 is 1.68 bits per heavy atom. The highest BCUT2D eigenvalue weighted by atomic mass is 19.4. The summed E-state index contributed by atoms with van der Waals surface area (Å²) in [6.45, 7) is 1.25. The molecule has 2 aromatic rings. The van der Waals surface area contributed by atoms with Crippen LogP contribution in [-0.4, -0.2) is 23.3 Å². The van der Waals surface area contributed by atoms with Gasteiger partial charge in [-0.2, -0.15) is 13.2 Å². The summed E-state index contributed by atoms with van der Waals surface area (Å²) in [4.78, 5) is 1.96. The van der Waals surface area contributed by atoms with Gasteiger partial charge in [-0.05, 0) is 48.6 Å².